The van der Waals surface area contributed by atoms with Crippen LogP contribution in [0.3, 0.4) is 0 Å². The van der Waals surface area contributed by atoms with E-state index in [4.69, 9.17) is 4.42 Å². The topological polar surface area (TPSA) is 71.7 Å². The van der Waals surface area contributed by atoms with E-state index in [1.54, 1.807) is 6.07 Å². The fourth-order valence-electron chi connectivity index (χ4n) is 2.04. The number of aliphatic hydroxyl groups is 1. The Labute approximate surface area is 123 Å². The summed E-state index contributed by atoms with van der Waals surface area (Å²) in [4.78, 5) is 11.3. The molecular weight excluding hydrogens is 270 g/mol. The van der Waals surface area contributed by atoms with Crippen molar-refractivity contribution < 1.29 is 19.1 Å². The van der Waals surface area contributed by atoms with Gasteiger partial charge in [-0.05, 0) is 18.1 Å². The zero-order valence-corrected chi connectivity index (χ0v) is 11.9. The van der Waals surface area contributed by atoms with E-state index in [1.807, 2.05) is 30.3 Å². The number of hydrogen-bond acceptors (Lipinski definition) is 5. The molecule has 0 bridgehead atoms. The number of benzene rings is 1. The van der Waals surface area contributed by atoms with Crippen molar-refractivity contribution in [3.63, 3.8) is 0 Å². The van der Waals surface area contributed by atoms with Crippen LogP contribution in [0.5, 0.6) is 0 Å². The smallest absolute Gasteiger partial charge is 0.341 e. The van der Waals surface area contributed by atoms with E-state index < -0.39 is 5.97 Å². The Balaban J connectivity index is 1.88. The first-order chi connectivity index (χ1) is 10.2. The predicted molar refractivity (Wildman–Crippen MR) is 77.9 cm³/mol. The van der Waals surface area contributed by atoms with Gasteiger partial charge in [0.1, 0.15) is 12.0 Å². The van der Waals surface area contributed by atoms with E-state index in [0.29, 0.717) is 17.9 Å². The largest absolute Gasteiger partial charge is 0.467 e. The summed E-state index contributed by atoms with van der Waals surface area (Å²) in [7, 11) is 1.33. The number of ether oxygens (including phenoxy) is 1. The third kappa shape index (κ3) is 4.44. The van der Waals surface area contributed by atoms with Gasteiger partial charge in [0.05, 0.1) is 25.8 Å². The van der Waals surface area contributed by atoms with Crippen molar-refractivity contribution in [3.05, 3.63) is 59.5 Å². The Hall–Kier alpha value is -2.11. The highest BCUT2D eigenvalue weighted by Gasteiger charge is 2.12. The lowest BCUT2D eigenvalue weighted by Gasteiger charge is -2.15. The molecule has 2 aromatic rings. The quantitative estimate of drug-likeness (QED) is 0.760. The highest BCUT2D eigenvalue weighted by atomic mass is 16.5. The van der Waals surface area contributed by atoms with Gasteiger partial charge < -0.3 is 19.6 Å². The van der Waals surface area contributed by atoms with E-state index in [-0.39, 0.29) is 12.6 Å². The zero-order valence-electron chi connectivity index (χ0n) is 11.9. The second kappa shape index (κ2) is 7.61. The molecule has 0 amide bonds. The average Bonchev–Trinajstić information content (AvgIpc) is 3.00. The van der Waals surface area contributed by atoms with Crippen molar-refractivity contribution in [2.75, 3.05) is 13.7 Å². The van der Waals surface area contributed by atoms with Crippen LogP contribution in [0.25, 0.3) is 0 Å². The molecule has 0 saturated carbocycles. The minimum atomic E-state index is -0.423. The number of carbonyl (C=O) groups excluding carboxylic acids is 1. The SMILES string of the molecule is COC(=O)c1coc(CNC(CO)Cc2ccccc2)c1. The molecule has 0 aliphatic heterocycles. The number of rotatable bonds is 7. The Morgan fingerprint density at radius 1 is 1.38 bits per heavy atom. The third-order valence-electron chi connectivity index (χ3n) is 3.19. The van der Waals surface area contributed by atoms with Crippen molar-refractivity contribution in [3.8, 4) is 0 Å². The lowest BCUT2D eigenvalue weighted by molar-refractivity contribution is 0.0600. The summed E-state index contributed by atoms with van der Waals surface area (Å²) in [5, 5.41) is 12.6. The molecule has 21 heavy (non-hydrogen) atoms. The van der Waals surface area contributed by atoms with Crippen LogP contribution in [-0.2, 0) is 17.7 Å². The molecular formula is C16H19NO4. The van der Waals surface area contributed by atoms with E-state index in [1.165, 1.54) is 13.4 Å². The predicted octanol–water partition coefficient (Wildman–Crippen LogP) is 1.76. The highest BCUT2D eigenvalue weighted by molar-refractivity contribution is 5.88. The summed E-state index contributed by atoms with van der Waals surface area (Å²) in [6.07, 6.45) is 2.09. The molecule has 2 N–H and O–H groups in total. The molecule has 112 valence electrons. The number of nitrogens with one attached hydrogen (secondary N) is 1. The lowest BCUT2D eigenvalue weighted by Crippen LogP contribution is -2.33. The van der Waals surface area contributed by atoms with Crippen molar-refractivity contribution in [2.24, 2.45) is 0 Å². The van der Waals surface area contributed by atoms with Gasteiger partial charge in [0, 0.05) is 6.04 Å². The number of furan rings is 1. The minimum absolute atomic E-state index is 0.0272. The van der Waals surface area contributed by atoms with Gasteiger partial charge in [-0.15, -0.1) is 0 Å². The van der Waals surface area contributed by atoms with Gasteiger partial charge in [-0.3, -0.25) is 0 Å². The molecule has 0 aliphatic rings. The van der Waals surface area contributed by atoms with Crippen molar-refractivity contribution in [2.45, 2.75) is 19.0 Å². The van der Waals surface area contributed by atoms with E-state index >= 15 is 0 Å². The van der Waals surface area contributed by atoms with Gasteiger partial charge in [0.15, 0.2) is 0 Å². The number of carbonyl (C=O) groups is 1. The summed E-state index contributed by atoms with van der Waals surface area (Å²) >= 11 is 0. The van der Waals surface area contributed by atoms with Crippen LogP contribution < -0.4 is 5.32 Å². The number of esters is 1. The van der Waals surface area contributed by atoms with E-state index in [0.717, 1.165) is 12.0 Å². The second-order valence-electron chi connectivity index (χ2n) is 4.74. The van der Waals surface area contributed by atoms with Crippen molar-refractivity contribution >= 4 is 5.97 Å². The Morgan fingerprint density at radius 3 is 2.81 bits per heavy atom. The van der Waals surface area contributed by atoms with Crippen LogP contribution in [0.1, 0.15) is 21.7 Å². The summed E-state index contributed by atoms with van der Waals surface area (Å²) in [5.41, 5.74) is 1.54. The summed E-state index contributed by atoms with van der Waals surface area (Å²) < 4.78 is 9.90. The standard InChI is InChI=1S/C16H19NO4/c1-20-16(19)13-8-15(21-11-13)9-17-14(10-18)7-12-5-3-2-4-6-12/h2-6,8,11,14,17-18H,7,9-10H2,1H3. The molecule has 1 aromatic heterocycles. The third-order valence-corrected chi connectivity index (χ3v) is 3.19. The van der Waals surface area contributed by atoms with Crippen LogP contribution in [0.15, 0.2) is 47.1 Å². The first-order valence-corrected chi connectivity index (χ1v) is 6.77. The summed E-state index contributed by atoms with van der Waals surface area (Å²) in [6, 6.07) is 11.5. The average molecular weight is 289 g/mol. The van der Waals surface area contributed by atoms with Crippen molar-refractivity contribution in [1.29, 1.82) is 0 Å². The maximum atomic E-state index is 11.3. The summed E-state index contributed by atoms with van der Waals surface area (Å²) in [5.74, 6) is 0.204. The molecule has 1 aromatic carbocycles. The number of methoxy groups -OCH3 is 1. The Morgan fingerprint density at radius 2 is 2.14 bits per heavy atom. The lowest BCUT2D eigenvalue weighted by atomic mass is 10.1. The molecule has 2 rings (SSSR count). The molecule has 0 spiro atoms. The van der Waals surface area contributed by atoms with Crippen LogP contribution in [0, 0.1) is 0 Å². The highest BCUT2D eigenvalue weighted by Crippen LogP contribution is 2.10. The van der Waals surface area contributed by atoms with Gasteiger partial charge in [-0.1, -0.05) is 30.3 Å². The van der Waals surface area contributed by atoms with Crippen LogP contribution in [0.2, 0.25) is 0 Å². The second-order valence-corrected chi connectivity index (χ2v) is 4.74. The Kier molecular flexibility index (Phi) is 5.54. The molecule has 5 nitrogen and oxygen atoms in total. The van der Waals surface area contributed by atoms with Crippen LogP contribution >= 0.6 is 0 Å². The fourth-order valence-corrected chi connectivity index (χ4v) is 2.04. The molecule has 0 radical (unpaired) electrons. The number of aliphatic hydroxyl groups excluding tert-OH is 1. The molecule has 1 heterocycles. The summed E-state index contributed by atoms with van der Waals surface area (Å²) in [6.45, 7) is 0.467. The first-order valence-electron chi connectivity index (χ1n) is 6.77. The minimum Gasteiger partial charge on any atom is -0.467 e. The normalized spacial score (nSPS) is 12.1. The molecule has 5 heteroatoms. The van der Waals surface area contributed by atoms with E-state index in [9.17, 15) is 9.90 Å². The zero-order chi connectivity index (χ0) is 15.1. The molecule has 0 saturated heterocycles. The number of hydrogen-bond donors (Lipinski definition) is 2. The van der Waals surface area contributed by atoms with Crippen LogP contribution in [0.4, 0.5) is 0 Å². The molecule has 0 fully saturated rings. The van der Waals surface area contributed by atoms with Gasteiger partial charge in [-0.2, -0.15) is 0 Å². The van der Waals surface area contributed by atoms with Gasteiger partial charge in [0.2, 0.25) is 0 Å². The Bertz CT molecular complexity index is 565. The van der Waals surface area contributed by atoms with Gasteiger partial charge in [-0.25, -0.2) is 4.79 Å². The van der Waals surface area contributed by atoms with E-state index in [2.05, 4.69) is 10.1 Å². The molecule has 0 aliphatic carbocycles. The fraction of sp³-hybridized carbons (Fsp3) is 0.312. The van der Waals surface area contributed by atoms with Crippen molar-refractivity contribution in [1.82, 2.24) is 5.32 Å². The molecule has 1 atom stereocenters. The monoisotopic (exact) mass is 289 g/mol. The maximum Gasteiger partial charge on any atom is 0.341 e. The maximum absolute atomic E-state index is 11.3. The first kappa shape index (κ1) is 15.3. The van der Waals surface area contributed by atoms with Crippen LogP contribution in [-0.4, -0.2) is 30.8 Å². The van der Waals surface area contributed by atoms with Gasteiger partial charge in [0.25, 0.3) is 0 Å². The van der Waals surface area contributed by atoms with Gasteiger partial charge >= 0.3 is 5.97 Å². The molecule has 1 unspecified atom stereocenters.